The summed E-state index contributed by atoms with van der Waals surface area (Å²) >= 11 is 1.82. The minimum absolute atomic E-state index is 0.394. The Morgan fingerprint density at radius 1 is 1.24 bits per heavy atom. The van der Waals surface area contributed by atoms with E-state index in [-0.39, 0.29) is 0 Å². The summed E-state index contributed by atoms with van der Waals surface area (Å²) in [5.74, 6) is 1.85. The molecule has 1 saturated carbocycles. The molecule has 0 amide bonds. The van der Waals surface area contributed by atoms with Crippen molar-refractivity contribution in [3.8, 4) is 0 Å². The van der Waals surface area contributed by atoms with Gasteiger partial charge in [0.1, 0.15) is 0 Å². The predicted molar refractivity (Wildman–Crippen MR) is 89.7 cm³/mol. The molecule has 0 heterocycles. The molecule has 0 radical (unpaired) electrons. The summed E-state index contributed by atoms with van der Waals surface area (Å²) in [4.78, 5) is 1.54. The summed E-state index contributed by atoms with van der Waals surface area (Å²) in [6.45, 7) is 3.17. The van der Waals surface area contributed by atoms with Crippen LogP contribution in [0.15, 0.2) is 34.1 Å². The Balaban J connectivity index is 1.94. The van der Waals surface area contributed by atoms with E-state index < -0.39 is 9.84 Å². The Bertz CT molecular complexity index is 534. The van der Waals surface area contributed by atoms with E-state index in [1.165, 1.54) is 31.9 Å². The quantitative estimate of drug-likeness (QED) is 0.780. The van der Waals surface area contributed by atoms with E-state index in [9.17, 15) is 8.42 Å². The summed E-state index contributed by atoms with van der Waals surface area (Å²) < 4.78 is 22.9. The number of nitrogens with one attached hydrogen (secondary N) is 1. The highest BCUT2D eigenvalue weighted by Gasteiger charge is 2.24. The molecule has 2 rings (SSSR count). The lowest BCUT2D eigenvalue weighted by atomic mass is 10.00. The zero-order valence-electron chi connectivity index (χ0n) is 12.8. The second-order valence-corrected chi connectivity index (χ2v) is 8.87. The Morgan fingerprint density at radius 3 is 2.38 bits per heavy atom. The highest BCUT2D eigenvalue weighted by molar-refractivity contribution is 7.99. The Morgan fingerprint density at radius 2 is 1.86 bits per heavy atom. The summed E-state index contributed by atoms with van der Waals surface area (Å²) in [6.07, 6.45) is 6.65. The van der Waals surface area contributed by atoms with Gasteiger partial charge in [-0.15, -0.1) is 11.8 Å². The topological polar surface area (TPSA) is 46.2 Å². The third-order valence-electron chi connectivity index (χ3n) is 4.12. The van der Waals surface area contributed by atoms with E-state index in [0.29, 0.717) is 10.9 Å². The largest absolute Gasteiger partial charge is 0.313 e. The van der Waals surface area contributed by atoms with Gasteiger partial charge in [-0.3, -0.25) is 0 Å². The molecule has 0 spiro atoms. The fourth-order valence-corrected chi connectivity index (χ4v) is 4.67. The van der Waals surface area contributed by atoms with Crippen LogP contribution in [-0.2, 0) is 9.84 Å². The third kappa shape index (κ3) is 5.01. The first-order valence-electron chi connectivity index (χ1n) is 7.67. The minimum Gasteiger partial charge on any atom is -0.313 e. The van der Waals surface area contributed by atoms with Crippen molar-refractivity contribution in [3.63, 3.8) is 0 Å². The molecule has 3 nitrogen and oxygen atoms in total. The van der Waals surface area contributed by atoms with Gasteiger partial charge in [0.15, 0.2) is 9.84 Å². The maximum atomic E-state index is 11.5. The number of hydrogen-bond donors (Lipinski definition) is 1. The molecule has 1 unspecified atom stereocenters. The standard InChI is InChI=1S/C16H25NO2S2/c1-3-17-16(13-6-4-5-7-13)12-20-14-8-10-15(11-9-14)21(2,18)19/h8-11,13,16-17H,3-7,12H2,1-2H3. The van der Waals surface area contributed by atoms with Crippen molar-refractivity contribution >= 4 is 21.6 Å². The van der Waals surface area contributed by atoms with E-state index in [0.717, 1.165) is 23.1 Å². The zero-order chi connectivity index (χ0) is 15.3. The molecule has 1 aliphatic carbocycles. The highest BCUT2D eigenvalue weighted by Crippen LogP contribution is 2.31. The smallest absolute Gasteiger partial charge is 0.175 e. The van der Waals surface area contributed by atoms with Gasteiger partial charge in [-0.2, -0.15) is 0 Å². The Hall–Kier alpha value is -0.520. The monoisotopic (exact) mass is 327 g/mol. The highest BCUT2D eigenvalue weighted by atomic mass is 32.2. The summed E-state index contributed by atoms with van der Waals surface area (Å²) in [6, 6.07) is 7.81. The lowest BCUT2D eigenvalue weighted by Gasteiger charge is -2.24. The van der Waals surface area contributed by atoms with E-state index in [1.54, 1.807) is 12.1 Å². The van der Waals surface area contributed by atoms with Crippen molar-refractivity contribution in [1.29, 1.82) is 0 Å². The molecule has 1 fully saturated rings. The van der Waals surface area contributed by atoms with Gasteiger partial charge in [0, 0.05) is 22.9 Å². The van der Waals surface area contributed by atoms with Gasteiger partial charge in [-0.05, 0) is 49.6 Å². The van der Waals surface area contributed by atoms with Crippen LogP contribution >= 0.6 is 11.8 Å². The molecule has 118 valence electrons. The average molecular weight is 328 g/mol. The Labute approximate surface area is 132 Å². The van der Waals surface area contributed by atoms with Crippen LogP contribution in [0.4, 0.5) is 0 Å². The van der Waals surface area contributed by atoms with Crippen LogP contribution in [0.1, 0.15) is 32.6 Å². The molecular weight excluding hydrogens is 302 g/mol. The van der Waals surface area contributed by atoms with Crippen LogP contribution < -0.4 is 5.32 Å². The fourth-order valence-electron chi connectivity index (χ4n) is 2.95. The SMILES string of the molecule is CCNC(CSc1ccc(S(C)(=O)=O)cc1)C1CCCC1. The second-order valence-electron chi connectivity index (χ2n) is 5.76. The van der Waals surface area contributed by atoms with E-state index in [4.69, 9.17) is 0 Å². The number of hydrogen-bond acceptors (Lipinski definition) is 4. The van der Waals surface area contributed by atoms with E-state index in [1.807, 2.05) is 23.9 Å². The van der Waals surface area contributed by atoms with Crippen LogP contribution in [0.25, 0.3) is 0 Å². The molecule has 21 heavy (non-hydrogen) atoms. The lowest BCUT2D eigenvalue weighted by molar-refractivity contribution is 0.394. The first kappa shape index (κ1) is 16.8. The van der Waals surface area contributed by atoms with Crippen molar-refractivity contribution in [1.82, 2.24) is 5.32 Å². The normalized spacial score (nSPS) is 18.0. The molecule has 0 aromatic heterocycles. The number of benzene rings is 1. The van der Waals surface area contributed by atoms with Crippen LogP contribution in [0.5, 0.6) is 0 Å². The summed E-state index contributed by atoms with van der Waals surface area (Å²) in [5, 5.41) is 3.61. The molecule has 1 N–H and O–H groups in total. The number of sulfone groups is 1. The van der Waals surface area contributed by atoms with E-state index in [2.05, 4.69) is 12.2 Å². The van der Waals surface area contributed by atoms with Gasteiger partial charge in [0.25, 0.3) is 0 Å². The van der Waals surface area contributed by atoms with Gasteiger partial charge in [0.2, 0.25) is 0 Å². The van der Waals surface area contributed by atoms with Gasteiger partial charge in [-0.25, -0.2) is 8.42 Å². The number of thioether (sulfide) groups is 1. The molecule has 5 heteroatoms. The van der Waals surface area contributed by atoms with Crippen LogP contribution in [0.3, 0.4) is 0 Å². The fraction of sp³-hybridized carbons (Fsp3) is 0.625. The van der Waals surface area contributed by atoms with Crippen molar-refractivity contribution in [2.75, 3.05) is 18.6 Å². The molecule has 0 saturated heterocycles. The molecule has 0 aliphatic heterocycles. The molecule has 1 aromatic carbocycles. The van der Waals surface area contributed by atoms with Crippen LogP contribution in [0.2, 0.25) is 0 Å². The maximum Gasteiger partial charge on any atom is 0.175 e. The zero-order valence-corrected chi connectivity index (χ0v) is 14.5. The van der Waals surface area contributed by atoms with Crippen molar-refractivity contribution < 1.29 is 8.42 Å². The molecule has 1 aliphatic rings. The van der Waals surface area contributed by atoms with Crippen LogP contribution in [0, 0.1) is 5.92 Å². The molecule has 1 aromatic rings. The van der Waals surface area contributed by atoms with Crippen LogP contribution in [-0.4, -0.2) is 33.0 Å². The average Bonchev–Trinajstić information content (AvgIpc) is 2.97. The van der Waals surface area contributed by atoms with Gasteiger partial charge in [-0.1, -0.05) is 19.8 Å². The van der Waals surface area contributed by atoms with Crippen molar-refractivity contribution in [2.24, 2.45) is 5.92 Å². The van der Waals surface area contributed by atoms with Crippen molar-refractivity contribution in [3.05, 3.63) is 24.3 Å². The molecular formula is C16H25NO2S2. The Kier molecular flexibility index (Phi) is 6.14. The summed E-state index contributed by atoms with van der Waals surface area (Å²) in [7, 11) is -3.09. The van der Waals surface area contributed by atoms with E-state index >= 15 is 0 Å². The van der Waals surface area contributed by atoms with Gasteiger partial charge >= 0.3 is 0 Å². The minimum atomic E-state index is -3.09. The van der Waals surface area contributed by atoms with Gasteiger partial charge in [0.05, 0.1) is 4.90 Å². The van der Waals surface area contributed by atoms with Gasteiger partial charge < -0.3 is 5.32 Å². The lowest BCUT2D eigenvalue weighted by Crippen LogP contribution is -2.37. The second kappa shape index (κ2) is 7.65. The third-order valence-corrected chi connectivity index (χ3v) is 6.38. The first-order chi connectivity index (χ1) is 10.0. The molecule has 1 atom stereocenters. The van der Waals surface area contributed by atoms with Crippen molar-refractivity contribution in [2.45, 2.75) is 48.4 Å². The first-order valence-corrected chi connectivity index (χ1v) is 10.5. The summed E-state index contributed by atoms with van der Waals surface area (Å²) in [5.41, 5.74) is 0. The predicted octanol–water partition coefficient (Wildman–Crippen LogP) is 3.35. The number of rotatable bonds is 7. The maximum absolute atomic E-state index is 11.5. The molecule has 0 bridgehead atoms.